The molecule has 0 atom stereocenters. The van der Waals surface area contributed by atoms with E-state index in [-0.39, 0.29) is 10.3 Å². The Morgan fingerprint density at radius 1 is 0.259 bits per heavy atom. The highest BCUT2D eigenvalue weighted by Crippen LogP contribution is 2.43. The second-order valence-corrected chi connectivity index (χ2v) is 28.4. The van der Waals surface area contributed by atoms with Crippen molar-refractivity contribution in [3.05, 3.63) is 0 Å². The maximum absolute atomic E-state index is 6.43. The lowest BCUT2D eigenvalue weighted by atomic mass is 10.1. The van der Waals surface area contributed by atoms with Gasteiger partial charge in [0.15, 0.2) is 0 Å². The SMILES string of the molecule is CCO[Si](OCC)(OCC)C(CCCCCCCSSCCCCCCCC([Si](OCC)(OCC)OCC)[Si](OCC)(OCC)OCC)[Si](OCC)(OCC)OCC. The van der Waals surface area contributed by atoms with E-state index in [0.29, 0.717) is 79.3 Å². The van der Waals surface area contributed by atoms with E-state index in [1.165, 1.54) is 50.0 Å². The normalized spacial score (nSPS) is 13.1. The minimum Gasteiger partial charge on any atom is -0.374 e. The minimum atomic E-state index is -3.16. The third-order valence-corrected chi connectivity index (χ3v) is 29.1. The number of hydrogen-bond acceptors (Lipinski definition) is 14. The van der Waals surface area contributed by atoms with E-state index >= 15 is 0 Å². The van der Waals surface area contributed by atoms with Crippen LogP contribution in [-0.2, 0) is 53.1 Å². The maximum atomic E-state index is 6.43. The lowest BCUT2D eigenvalue weighted by Gasteiger charge is -2.42. The van der Waals surface area contributed by atoms with Crippen molar-refractivity contribution in [3.63, 3.8) is 0 Å². The molecule has 0 heterocycles. The van der Waals surface area contributed by atoms with Gasteiger partial charge >= 0.3 is 35.2 Å². The van der Waals surface area contributed by atoms with Gasteiger partial charge in [-0.2, -0.15) is 0 Å². The molecule has 0 N–H and O–H groups in total. The summed E-state index contributed by atoms with van der Waals surface area (Å²) in [6.07, 6.45) is 13.3. The smallest absolute Gasteiger partial charge is 0.374 e. The van der Waals surface area contributed by atoms with Crippen molar-refractivity contribution in [2.45, 2.75) is 170 Å². The van der Waals surface area contributed by atoms with Gasteiger partial charge in [0.1, 0.15) is 0 Å². The zero-order valence-electron chi connectivity index (χ0n) is 39.3. The summed E-state index contributed by atoms with van der Waals surface area (Å²) < 4.78 is 77.1. The molecular formula is C40H90O12S2Si4. The average Bonchev–Trinajstić information content (AvgIpc) is 3.18. The van der Waals surface area contributed by atoms with E-state index in [0.717, 1.165) is 38.5 Å². The molecule has 0 saturated heterocycles. The summed E-state index contributed by atoms with van der Waals surface area (Å²) in [5.41, 5.74) is 0. The zero-order chi connectivity index (χ0) is 43.4. The highest BCUT2D eigenvalue weighted by atomic mass is 33.1. The average molecular weight is 940 g/mol. The lowest BCUT2D eigenvalue weighted by Crippen LogP contribution is -2.64. The van der Waals surface area contributed by atoms with Gasteiger partial charge < -0.3 is 53.1 Å². The summed E-state index contributed by atoms with van der Waals surface area (Å²) in [6.45, 7) is 30.2. The molecule has 58 heavy (non-hydrogen) atoms. The van der Waals surface area contributed by atoms with E-state index in [9.17, 15) is 0 Å². The van der Waals surface area contributed by atoms with E-state index < -0.39 is 35.2 Å². The van der Waals surface area contributed by atoms with E-state index in [1.54, 1.807) is 0 Å². The first-order valence-corrected chi connectivity index (χ1v) is 32.8. The van der Waals surface area contributed by atoms with Gasteiger partial charge in [-0.1, -0.05) is 73.0 Å². The largest absolute Gasteiger partial charge is 0.508 e. The van der Waals surface area contributed by atoms with Crippen LogP contribution in [0.4, 0.5) is 0 Å². The van der Waals surface area contributed by atoms with Gasteiger partial charge in [0.2, 0.25) is 0 Å². The molecule has 0 unspecified atom stereocenters. The van der Waals surface area contributed by atoms with Crippen LogP contribution in [0, 0.1) is 0 Å². The quantitative estimate of drug-likeness (QED) is 0.0328. The fourth-order valence-corrected chi connectivity index (χ4v) is 26.7. The van der Waals surface area contributed by atoms with Crippen LogP contribution in [0.5, 0.6) is 0 Å². The Labute approximate surface area is 369 Å². The molecule has 0 amide bonds. The highest BCUT2D eigenvalue weighted by molar-refractivity contribution is 8.76. The van der Waals surface area contributed by atoms with Gasteiger partial charge in [-0.3, -0.25) is 0 Å². The molecule has 12 nitrogen and oxygen atoms in total. The Kier molecular flexibility index (Phi) is 38.2. The Balaban J connectivity index is 4.96. The predicted octanol–water partition coefficient (Wildman–Crippen LogP) is 11.1. The molecule has 0 fully saturated rings. The molecule has 0 aromatic carbocycles. The third kappa shape index (κ3) is 21.2. The molecule has 0 aliphatic carbocycles. The molecule has 0 aromatic rings. The summed E-state index contributed by atoms with van der Waals surface area (Å²) in [7, 11) is -8.60. The molecule has 0 aliphatic heterocycles. The van der Waals surface area contributed by atoms with Gasteiger partial charge in [0.05, 0.1) is 10.3 Å². The minimum absolute atomic E-state index is 0.159. The Morgan fingerprint density at radius 3 is 0.621 bits per heavy atom. The molecule has 18 heteroatoms. The van der Waals surface area contributed by atoms with Crippen molar-refractivity contribution < 1.29 is 53.1 Å². The van der Waals surface area contributed by atoms with Crippen LogP contribution in [0.1, 0.15) is 160 Å². The molecule has 0 bridgehead atoms. The van der Waals surface area contributed by atoms with E-state index in [4.69, 9.17) is 53.1 Å². The van der Waals surface area contributed by atoms with Crippen LogP contribution < -0.4 is 0 Å². The van der Waals surface area contributed by atoms with Crippen LogP contribution in [0.25, 0.3) is 0 Å². The van der Waals surface area contributed by atoms with Crippen molar-refractivity contribution in [3.8, 4) is 0 Å². The monoisotopic (exact) mass is 938 g/mol. The predicted molar refractivity (Wildman–Crippen MR) is 250 cm³/mol. The van der Waals surface area contributed by atoms with Gasteiger partial charge in [0.25, 0.3) is 0 Å². The molecule has 0 radical (unpaired) electrons. The first-order chi connectivity index (χ1) is 28.2. The van der Waals surface area contributed by atoms with Crippen molar-refractivity contribution in [1.29, 1.82) is 0 Å². The van der Waals surface area contributed by atoms with Gasteiger partial charge in [0, 0.05) is 90.8 Å². The fraction of sp³-hybridized carbons (Fsp3) is 1.00. The second kappa shape index (κ2) is 37.5. The van der Waals surface area contributed by atoms with Crippen LogP contribution in [-0.4, -0.2) is 126 Å². The molecule has 350 valence electrons. The highest BCUT2D eigenvalue weighted by Gasteiger charge is 2.66. The Hall–Kier alpha value is 1.09. The van der Waals surface area contributed by atoms with Crippen molar-refractivity contribution >= 4 is 56.8 Å². The topological polar surface area (TPSA) is 111 Å². The van der Waals surface area contributed by atoms with Crippen LogP contribution in [0.3, 0.4) is 0 Å². The van der Waals surface area contributed by atoms with Crippen molar-refractivity contribution in [1.82, 2.24) is 0 Å². The molecule has 0 aliphatic rings. The summed E-state index contributed by atoms with van der Waals surface area (Å²) in [5.74, 6) is 2.38. The second-order valence-electron chi connectivity index (χ2n) is 13.5. The third-order valence-electron chi connectivity index (χ3n) is 9.38. The summed E-state index contributed by atoms with van der Waals surface area (Å²) in [6, 6.07) is 0. The van der Waals surface area contributed by atoms with Crippen molar-refractivity contribution in [2.24, 2.45) is 0 Å². The van der Waals surface area contributed by atoms with Gasteiger partial charge in [-0.15, -0.1) is 0 Å². The van der Waals surface area contributed by atoms with Crippen LogP contribution in [0.2, 0.25) is 10.3 Å². The van der Waals surface area contributed by atoms with E-state index in [2.05, 4.69) is 0 Å². The summed E-state index contributed by atoms with van der Waals surface area (Å²) in [4.78, 5) is 0. The fourth-order valence-electron chi connectivity index (χ4n) is 7.46. The number of hydrogen-bond donors (Lipinski definition) is 0. The molecule has 0 aromatic heterocycles. The molecular weight excluding hydrogens is 849 g/mol. The zero-order valence-corrected chi connectivity index (χ0v) is 44.9. The van der Waals surface area contributed by atoms with Gasteiger partial charge in [-0.25, -0.2) is 0 Å². The number of rotatable bonds is 45. The first-order valence-electron chi connectivity index (χ1n) is 23.1. The Morgan fingerprint density at radius 2 is 0.431 bits per heavy atom. The van der Waals surface area contributed by atoms with Crippen molar-refractivity contribution in [2.75, 3.05) is 90.8 Å². The number of unbranched alkanes of at least 4 members (excludes halogenated alkanes) is 8. The van der Waals surface area contributed by atoms with Crippen LogP contribution >= 0.6 is 21.6 Å². The maximum Gasteiger partial charge on any atom is 0.508 e. The summed E-state index contributed by atoms with van der Waals surface area (Å²) in [5, 5.41) is -0.318. The molecule has 0 rings (SSSR count). The molecule has 0 saturated carbocycles. The summed E-state index contributed by atoms with van der Waals surface area (Å²) >= 11 is 0. The van der Waals surface area contributed by atoms with Gasteiger partial charge in [-0.05, 0) is 109 Å². The standard InChI is InChI=1S/C40H90O12S2Si4/c1-13-41-55(42-14-2,43-15-3)39(56(44-16-4,45-17-5)46-18-6)35-31-27-25-29-33-37-53-54-38-34-30-26-28-32-36-40(57(47-19-7,48-20-8)49-21-9)58(50-22-10,51-23-11)52-24-12/h39-40H,13-38H2,1-12H3. The Bertz CT molecular complexity index is 734. The van der Waals surface area contributed by atoms with E-state index in [1.807, 2.05) is 105 Å². The lowest BCUT2D eigenvalue weighted by molar-refractivity contribution is 0.0295. The first kappa shape index (κ1) is 59.1. The van der Waals surface area contributed by atoms with Crippen LogP contribution in [0.15, 0.2) is 0 Å². The molecule has 0 spiro atoms.